The highest BCUT2D eigenvalue weighted by atomic mass is 32.1. The Morgan fingerprint density at radius 2 is 1.83 bits per heavy atom. The fourth-order valence-electron chi connectivity index (χ4n) is 2.48. The molecule has 0 aliphatic heterocycles. The molecule has 0 atom stereocenters. The van der Waals surface area contributed by atoms with Crippen LogP contribution in [0, 0.1) is 0 Å². The first-order valence-corrected chi connectivity index (χ1v) is 9.94. The molecule has 1 aromatic carbocycles. The summed E-state index contributed by atoms with van der Waals surface area (Å²) < 4.78 is 16.1. The van der Waals surface area contributed by atoms with Gasteiger partial charge in [-0.2, -0.15) is 0 Å². The molecule has 0 aliphatic carbocycles. The van der Waals surface area contributed by atoms with E-state index in [2.05, 4.69) is 21.7 Å². The maximum Gasteiger partial charge on any atom is 0.243 e. The van der Waals surface area contributed by atoms with Crippen LogP contribution in [0.2, 0.25) is 0 Å². The molecule has 29 heavy (non-hydrogen) atoms. The quantitative estimate of drug-likeness (QED) is 0.479. The molecule has 1 aromatic heterocycles. The predicted octanol–water partition coefficient (Wildman–Crippen LogP) is 2.46. The summed E-state index contributed by atoms with van der Waals surface area (Å²) in [4.78, 5) is 19.1. The van der Waals surface area contributed by atoms with Crippen molar-refractivity contribution in [2.24, 2.45) is 4.99 Å². The van der Waals surface area contributed by atoms with Gasteiger partial charge in [-0.15, -0.1) is 11.3 Å². The molecule has 1 heterocycles. The van der Waals surface area contributed by atoms with E-state index in [-0.39, 0.29) is 12.5 Å². The van der Waals surface area contributed by atoms with Gasteiger partial charge in [-0.25, -0.2) is 4.99 Å². The lowest BCUT2D eigenvalue weighted by Gasteiger charge is -2.17. The van der Waals surface area contributed by atoms with Crippen LogP contribution in [0.5, 0.6) is 17.2 Å². The highest BCUT2D eigenvalue weighted by Gasteiger charge is 2.14. The summed E-state index contributed by atoms with van der Waals surface area (Å²) >= 11 is 1.71. The van der Waals surface area contributed by atoms with E-state index in [9.17, 15) is 4.79 Å². The van der Waals surface area contributed by atoms with Crippen LogP contribution in [0.1, 0.15) is 4.88 Å². The van der Waals surface area contributed by atoms with Crippen LogP contribution in [0.3, 0.4) is 0 Å². The molecule has 0 fully saturated rings. The number of likely N-dealkylation sites (N-methyl/N-ethyl adjacent to an activating group) is 1. The molecule has 8 nitrogen and oxygen atoms in total. The van der Waals surface area contributed by atoms with Crippen molar-refractivity contribution in [1.29, 1.82) is 0 Å². The molecule has 0 unspecified atom stereocenters. The van der Waals surface area contributed by atoms with Gasteiger partial charge in [-0.3, -0.25) is 4.79 Å². The third kappa shape index (κ3) is 6.56. The van der Waals surface area contributed by atoms with E-state index in [0.717, 1.165) is 6.42 Å². The van der Waals surface area contributed by atoms with Crippen molar-refractivity contribution in [3.8, 4) is 17.2 Å². The number of hydrogen-bond donors (Lipinski definition) is 2. The van der Waals surface area contributed by atoms with Crippen LogP contribution in [-0.4, -0.2) is 65.3 Å². The summed E-state index contributed by atoms with van der Waals surface area (Å²) in [6.45, 7) is 0.707. The monoisotopic (exact) mass is 420 g/mol. The Hall–Kier alpha value is -2.94. The lowest BCUT2D eigenvalue weighted by Crippen LogP contribution is -2.34. The number of benzene rings is 1. The standard InChI is InChI=1S/C20H28N4O4S/c1-24(2)18(25)13-22-20(21-9-8-15-7-6-10-29-15)23-14-11-16(26-3)19(28-5)17(12-14)27-4/h6-7,10-12H,8-9,13H2,1-5H3,(H2,21,22,23). The average molecular weight is 421 g/mol. The maximum absolute atomic E-state index is 12.0. The summed E-state index contributed by atoms with van der Waals surface area (Å²) in [5.41, 5.74) is 0.694. The molecule has 0 saturated heterocycles. The molecule has 2 aromatic rings. The van der Waals surface area contributed by atoms with Crippen LogP contribution < -0.4 is 24.8 Å². The van der Waals surface area contributed by atoms with Gasteiger partial charge in [0.05, 0.1) is 21.3 Å². The molecular formula is C20H28N4O4S. The number of amides is 1. The number of hydrogen-bond acceptors (Lipinski definition) is 6. The van der Waals surface area contributed by atoms with Crippen LogP contribution in [-0.2, 0) is 11.2 Å². The minimum absolute atomic E-state index is 0.0335. The Bertz CT molecular complexity index is 797. The maximum atomic E-state index is 12.0. The zero-order valence-electron chi connectivity index (χ0n) is 17.4. The van der Waals surface area contributed by atoms with Crippen LogP contribution in [0.25, 0.3) is 0 Å². The van der Waals surface area contributed by atoms with E-state index in [1.54, 1.807) is 58.9 Å². The van der Waals surface area contributed by atoms with Crippen LogP contribution >= 0.6 is 11.3 Å². The van der Waals surface area contributed by atoms with Crippen molar-refractivity contribution >= 4 is 28.9 Å². The number of aliphatic imine (C=N–C) groups is 1. The average Bonchev–Trinajstić information content (AvgIpc) is 3.24. The molecule has 0 spiro atoms. The van der Waals surface area contributed by atoms with E-state index in [4.69, 9.17) is 14.2 Å². The summed E-state index contributed by atoms with van der Waals surface area (Å²) in [6.07, 6.45) is 0.856. The van der Waals surface area contributed by atoms with E-state index in [0.29, 0.717) is 35.4 Å². The first-order valence-electron chi connectivity index (χ1n) is 9.06. The summed E-state index contributed by atoms with van der Waals surface area (Å²) in [5, 5.41) is 8.53. The van der Waals surface area contributed by atoms with Crippen molar-refractivity contribution in [2.45, 2.75) is 6.42 Å². The number of anilines is 1. The largest absolute Gasteiger partial charge is 0.493 e. The molecule has 0 radical (unpaired) electrons. The molecule has 158 valence electrons. The minimum Gasteiger partial charge on any atom is -0.493 e. The number of ether oxygens (including phenoxy) is 3. The number of nitrogens with one attached hydrogen (secondary N) is 2. The third-order valence-electron chi connectivity index (χ3n) is 4.04. The molecule has 2 N–H and O–H groups in total. The minimum atomic E-state index is -0.0887. The molecule has 9 heteroatoms. The number of methoxy groups -OCH3 is 3. The van der Waals surface area contributed by atoms with E-state index in [1.807, 2.05) is 11.4 Å². The first-order chi connectivity index (χ1) is 14.0. The zero-order valence-corrected chi connectivity index (χ0v) is 18.3. The fourth-order valence-corrected chi connectivity index (χ4v) is 3.19. The highest BCUT2D eigenvalue weighted by molar-refractivity contribution is 7.09. The third-order valence-corrected chi connectivity index (χ3v) is 4.98. The van der Waals surface area contributed by atoms with Crippen LogP contribution in [0.4, 0.5) is 5.69 Å². The zero-order chi connectivity index (χ0) is 21.2. The Labute approximate surface area is 175 Å². The molecule has 0 bridgehead atoms. The van der Waals surface area contributed by atoms with Gasteiger partial charge in [0.15, 0.2) is 17.5 Å². The van der Waals surface area contributed by atoms with Gasteiger partial charge in [0.1, 0.15) is 6.54 Å². The van der Waals surface area contributed by atoms with Crippen molar-refractivity contribution in [3.05, 3.63) is 34.5 Å². The topological polar surface area (TPSA) is 84.4 Å². The van der Waals surface area contributed by atoms with Crippen molar-refractivity contribution < 1.29 is 19.0 Å². The Morgan fingerprint density at radius 3 is 2.34 bits per heavy atom. The summed E-state index contributed by atoms with van der Waals surface area (Å²) in [6, 6.07) is 7.68. The lowest BCUT2D eigenvalue weighted by atomic mass is 10.2. The Morgan fingerprint density at radius 1 is 1.14 bits per heavy atom. The van der Waals surface area contributed by atoms with E-state index >= 15 is 0 Å². The van der Waals surface area contributed by atoms with Gasteiger partial charge < -0.3 is 29.7 Å². The number of carbonyl (C=O) groups excluding carboxylic acids is 1. The van der Waals surface area contributed by atoms with Gasteiger partial charge in [-0.1, -0.05) is 6.07 Å². The second kappa shape index (κ2) is 11.2. The second-order valence-corrected chi connectivity index (χ2v) is 7.28. The number of thiophene rings is 1. The SMILES string of the molecule is COc1cc(NC(=NCC(=O)N(C)C)NCCc2cccs2)cc(OC)c1OC. The van der Waals surface area contributed by atoms with E-state index < -0.39 is 0 Å². The number of guanidine groups is 1. The van der Waals surface area contributed by atoms with Gasteiger partial charge >= 0.3 is 0 Å². The molecule has 0 aliphatic rings. The molecular weight excluding hydrogens is 392 g/mol. The predicted molar refractivity (Wildman–Crippen MR) is 117 cm³/mol. The Balaban J connectivity index is 2.18. The van der Waals surface area contributed by atoms with Crippen molar-refractivity contribution in [3.63, 3.8) is 0 Å². The van der Waals surface area contributed by atoms with E-state index in [1.165, 1.54) is 9.78 Å². The second-order valence-electron chi connectivity index (χ2n) is 6.25. The van der Waals surface area contributed by atoms with Crippen LogP contribution in [0.15, 0.2) is 34.6 Å². The Kier molecular flexibility index (Phi) is 8.60. The smallest absolute Gasteiger partial charge is 0.243 e. The number of nitrogens with zero attached hydrogens (tertiary/aromatic N) is 2. The molecule has 2 rings (SSSR count). The normalized spacial score (nSPS) is 11.0. The fraction of sp³-hybridized carbons (Fsp3) is 0.400. The molecule has 1 amide bonds. The molecule has 0 saturated carbocycles. The summed E-state index contributed by atoms with van der Waals surface area (Å²) in [7, 11) is 8.08. The number of rotatable bonds is 9. The lowest BCUT2D eigenvalue weighted by molar-refractivity contribution is -0.127. The van der Waals surface area contributed by atoms with Crippen molar-refractivity contribution in [1.82, 2.24) is 10.2 Å². The van der Waals surface area contributed by atoms with Gasteiger partial charge in [0.25, 0.3) is 0 Å². The highest BCUT2D eigenvalue weighted by Crippen LogP contribution is 2.39. The van der Waals surface area contributed by atoms with Crippen molar-refractivity contribution in [2.75, 3.05) is 53.8 Å². The first kappa shape index (κ1) is 22.4. The van der Waals surface area contributed by atoms with Gasteiger partial charge in [0.2, 0.25) is 11.7 Å². The van der Waals surface area contributed by atoms with Gasteiger partial charge in [-0.05, 0) is 17.9 Å². The summed E-state index contributed by atoms with van der Waals surface area (Å²) in [5.74, 6) is 1.96. The number of carbonyl (C=O) groups is 1. The van der Waals surface area contributed by atoms with Gasteiger partial charge in [0, 0.05) is 43.3 Å².